The molecule has 120 valence electrons. The standard InChI is InChI=1S/C21H18O3/c1-3-14(2)20(21(22)23)18-12-17-11-16(9-10-19(17)24-13-18)15-7-5-4-6-8-15/h3-12H,1,13H2,2H3,(H,22,23)/b20-14+. The van der Waals surface area contributed by atoms with E-state index in [4.69, 9.17) is 4.74 Å². The van der Waals surface area contributed by atoms with Gasteiger partial charge in [0.1, 0.15) is 12.4 Å². The zero-order valence-electron chi connectivity index (χ0n) is 13.5. The Morgan fingerprint density at radius 3 is 2.58 bits per heavy atom. The fourth-order valence-corrected chi connectivity index (χ4v) is 2.79. The normalized spacial score (nSPS) is 14.0. The van der Waals surface area contributed by atoms with Gasteiger partial charge in [-0.25, -0.2) is 4.79 Å². The predicted octanol–water partition coefficient (Wildman–Crippen LogP) is 4.72. The van der Waals surface area contributed by atoms with E-state index < -0.39 is 5.97 Å². The van der Waals surface area contributed by atoms with Gasteiger partial charge in [-0.2, -0.15) is 0 Å². The SMILES string of the molecule is C=C/C(C)=C(/C(=O)O)C1=Cc2cc(-c3ccccc3)ccc2OC1. The topological polar surface area (TPSA) is 46.5 Å². The van der Waals surface area contributed by atoms with E-state index >= 15 is 0 Å². The molecular formula is C21H18O3. The van der Waals surface area contributed by atoms with Crippen LogP contribution in [-0.4, -0.2) is 17.7 Å². The van der Waals surface area contributed by atoms with Gasteiger partial charge >= 0.3 is 5.97 Å². The summed E-state index contributed by atoms with van der Waals surface area (Å²) in [7, 11) is 0. The van der Waals surface area contributed by atoms with E-state index in [-0.39, 0.29) is 12.2 Å². The molecule has 0 amide bonds. The van der Waals surface area contributed by atoms with Gasteiger partial charge in [0, 0.05) is 11.1 Å². The highest BCUT2D eigenvalue weighted by Crippen LogP contribution is 2.33. The summed E-state index contributed by atoms with van der Waals surface area (Å²) in [6.45, 7) is 5.65. The van der Waals surface area contributed by atoms with Gasteiger partial charge in [0.15, 0.2) is 0 Å². The molecule has 2 aromatic rings. The molecule has 0 atom stereocenters. The van der Waals surface area contributed by atoms with Crippen molar-refractivity contribution in [2.75, 3.05) is 6.61 Å². The van der Waals surface area contributed by atoms with E-state index in [1.54, 1.807) is 13.0 Å². The van der Waals surface area contributed by atoms with Crippen LogP contribution in [-0.2, 0) is 4.79 Å². The Morgan fingerprint density at radius 1 is 1.17 bits per heavy atom. The predicted molar refractivity (Wildman–Crippen MR) is 95.9 cm³/mol. The second kappa shape index (κ2) is 6.59. The van der Waals surface area contributed by atoms with Crippen molar-refractivity contribution in [2.45, 2.75) is 6.92 Å². The van der Waals surface area contributed by atoms with Crippen LogP contribution < -0.4 is 4.74 Å². The van der Waals surface area contributed by atoms with Crippen LogP contribution in [0.2, 0.25) is 0 Å². The summed E-state index contributed by atoms with van der Waals surface area (Å²) in [6, 6.07) is 16.0. The molecule has 3 rings (SSSR count). The molecule has 0 fully saturated rings. The number of carboxylic acid groups (broad SMARTS) is 1. The van der Waals surface area contributed by atoms with Gasteiger partial charge in [0.05, 0.1) is 5.57 Å². The molecular weight excluding hydrogens is 300 g/mol. The summed E-state index contributed by atoms with van der Waals surface area (Å²) in [6.07, 6.45) is 3.45. The maximum atomic E-state index is 11.6. The Kier molecular flexibility index (Phi) is 4.34. The van der Waals surface area contributed by atoms with Crippen molar-refractivity contribution in [3.05, 3.63) is 83.5 Å². The molecule has 0 bridgehead atoms. The minimum Gasteiger partial charge on any atom is -0.488 e. The molecule has 24 heavy (non-hydrogen) atoms. The number of benzene rings is 2. The Bertz CT molecular complexity index is 858. The average molecular weight is 318 g/mol. The molecule has 0 spiro atoms. The van der Waals surface area contributed by atoms with Crippen LogP contribution in [0, 0.1) is 0 Å². The highest BCUT2D eigenvalue weighted by molar-refractivity contribution is 5.95. The Balaban J connectivity index is 2.07. The Morgan fingerprint density at radius 2 is 1.92 bits per heavy atom. The molecule has 3 nitrogen and oxygen atoms in total. The number of carbonyl (C=O) groups is 1. The maximum absolute atomic E-state index is 11.6. The number of rotatable bonds is 4. The molecule has 0 aliphatic carbocycles. The van der Waals surface area contributed by atoms with E-state index in [2.05, 4.69) is 6.58 Å². The largest absolute Gasteiger partial charge is 0.488 e. The lowest BCUT2D eigenvalue weighted by atomic mass is 9.95. The quantitative estimate of drug-likeness (QED) is 0.655. The van der Waals surface area contributed by atoms with Crippen LogP contribution in [0.15, 0.2) is 77.9 Å². The fourth-order valence-electron chi connectivity index (χ4n) is 2.79. The van der Waals surface area contributed by atoms with Crippen molar-refractivity contribution < 1.29 is 14.6 Å². The van der Waals surface area contributed by atoms with Gasteiger partial charge in [-0.05, 0) is 41.8 Å². The highest BCUT2D eigenvalue weighted by Gasteiger charge is 2.21. The zero-order valence-corrected chi connectivity index (χ0v) is 13.5. The summed E-state index contributed by atoms with van der Waals surface area (Å²) in [5.74, 6) is -0.204. The Hall–Kier alpha value is -3.07. The van der Waals surface area contributed by atoms with Gasteiger partial charge in [-0.15, -0.1) is 0 Å². The third-order valence-corrected chi connectivity index (χ3v) is 4.07. The van der Waals surface area contributed by atoms with Crippen molar-refractivity contribution in [1.82, 2.24) is 0 Å². The van der Waals surface area contributed by atoms with E-state index in [1.807, 2.05) is 54.6 Å². The fraction of sp³-hybridized carbons (Fsp3) is 0.0952. The van der Waals surface area contributed by atoms with Crippen LogP contribution >= 0.6 is 0 Å². The lowest BCUT2D eigenvalue weighted by Crippen LogP contribution is -2.15. The van der Waals surface area contributed by atoms with Crippen molar-refractivity contribution in [1.29, 1.82) is 0 Å². The molecule has 0 saturated carbocycles. The molecule has 1 aliphatic rings. The molecule has 0 radical (unpaired) electrons. The van der Waals surface area contributed by atoms with Gasteiger partial charge in [-0.1, -0.05) is 49.1 Å². The summed E-state index contributed by atoms with van der Waals surface area (Å²) >= 11 is 0. The van der Waals surface area contributed by atoms with E-state index in [0.29, 0.717) is 11.1 Å². The lowest BCUT2D eigenvalue weighted by molar-refractivity contribution is -0.132. The smallest absolute Gasteiger partial charge is 0.336 e. The summed E-state index contributed by atoms with van der Waals surface area (Å²) in [5.41, 5.74) is 4.58. The van der Waals surface area contributed by atoms with Crippen molar-refractivity contribution >= 4 is 12.0 Å². The van der Waals surface area contributed by atoms with E-state index in [9.17, 15) is 9.90 Å². The number of aliphatic carboxylic acids is 1. The lowest BCUT2D eigenvalue weighted by Gasteiger charge is -2.20. The van der Waals surface area contributed by atoms with Crippen LogP contribution in [0.5, 0.6) is 5.75 Å². The molecule has 0 saturated heterocycles. The summed E-state index contributed by atoms with van der Waals surface area (Å²) in [4.78, 5) is 11.6. The van der Waals surface area contributed by atoms with Crippen molar-refractivity contribution in [3.8, 4) is 16.9 Å². The first-order valence-electron chi connectivity index (χ1n) is 7.70. The van der Waals surface area contributed by atoms with E-state index in [0.717, 1.165) is 22.4 Å². The molecule has 1 N–H and O–H groups in total. The summed E-state index contributed by atoms with van der Waals surface area (Å²) in [5, 5.41) is 9.51. The number of ether oxygens (including phenoxy) is 1. The third kappa shape index (κ3) is 3.01. The van der Waals surface area contributed by atoms with Crippen LogP contribution in [0.1, 0.15) is 12.5 Å². The minimum atomic E-state index is -0.968. The van der Waals surface area contributed by atoms with E-state index in [1.165, 1.54) is 0 Å². The van der Waals surface area contributed by atoms with Gasteiger partial charge < -0.3 is 9.84 Å². The molecule has 1 heterocycles. The van der Waals surface area contributed by atoms with Crippen LogP contribution in [0.4, 0.5) is 0 Å². The molecule has 2 aromatic carbocycles. The summed E-state index contributed by atoms with van der Waals surface area (Å²) < 4.78 is 5.75. The van der Waals surface area contributed by atoms with Crippen LogP contribution in [0.3, 0.4) is 0 Å². The van der Waals surface area contributed by atoms with Crippen LogP contribution in [0.25, 0.3) is 17.2 Å². The van der Waals surface area contributed by atoms with Crippen molar-refractivity contribution in [2.24, 2.45) is 0 Å². The van der Waals surface area contributed by atoms with Gasteiger partial charge in [0.2, 0.25) is 0 Å². The van der Waals surface area contributed by atoms with Crippen molar-refractivity contribution in [3.63, 3.8) is 0 Å². The molecule has 1 aliphatic heterocycles. The third-order valence-electron chi connectivity index (χ3n) is 4.07. The number of allylic oxidation sites excluding steroid dienone is 2. The molecule has 0 aromatic heterocycles. The molecule has 3 heteroatoms. The first-order valence-corrected chi connectivity index (χ1v) is 7.70. The number of carboxylic acids is 1. The Labute approximate surface area is 141 Å². The van der Waals surface area contributed by atoms with Gasteiger partial charge in [-0.3, -0.25) is 0 Å². The number of hydrogen-bond donors (Lipinski definition) is 1. The molecule has 0 unspecified atom stereocenters. The zero-order chi connectivity index (χ0) is 17.1. The average Bonchev–Trinajstić information content (AvgIpc) is 2.61. The first kappa shape index (κ1) is 15.8. The highest BCUT2D eigenvalue weighted by atomic mass is 16.5. The second-order valence-corrected chi connectivity index (χ2v) is 5.64. The van der Waals surface area contributed by atoms with Gasteiger partial charge in [0.25, 0.3) is 0 Å². The first-order chi connectivity index (χ1) is 11.6. The number of fused-ring (bicyclic) bond motifs is 1. The number of hydrogen-bond acceptors (Lipinski definition) is 2. The second-order valence-electron chi connectivity index (χ2n) is 5.64. The minimum absolute atomic E-state index is 0.241. The maximum Gasteiger partial charge on any atom is 0.336 e. The monoisotopic (exact) mass is 318 g/mol.